The predicted octanol–water partition coefficient (Wildman–Crippen LogP) is 5.80. The molecule has 0 amide bonds. The number of rotatable bonds is 2. The highest BCUT2D eigenvalue weighted by atomic mass is 79.9. The Labute approximate surface area is 117 Å². The third-order valence-electron chi connectivity index (χ3n) is 2.38. The second-order valence-corrected chi connectivity index (χ2v) is 6.17. The van der Waals surface area contributed by atoms with E-state index in [1.165, 1.54) is 0 Å². The van der Waals surface area contributed by atoms with E-state index in [4.69, 9.17) is 23.2 Å². The van der Waals surface area contributed by atoms with Crippen molar-refractivity contribution in [2.75, 3.05) is 0 Å². The molecule has 1 aromatic heterocycles. The molecule has 0 aliphatic heterocycles. The molecule has 1 unspecified atom stereocenters. The lowest BCUT2D eigenvalue weighted by atomic mass is 10.0. The fourth-order valence-corrected chi connectivity index (χ4v) is 4.02. The molecule has 0 bridgehead atoms. The summed E-state index contributed by atoms with van der Waals surface area (Å²) in [6.07, 6.45) is 0. The van der Waals surface area contributed by atoms with Gasteiger partial charge in [-0.1, -0.05) is 17.7 Å². The average molecular weight is 336 g/mol. The quantitative estimate of drug-likeness (QED) is 0.608. The highest BCUT2D eigenvalue weighted by Crippen LogP contribution is 2.39. The molecule has 1 atom stereocenters. The van der Waals surface area contributed by atoms with Crippen LogP contribution in [0.25, 0.3) is 0 Å². The average Bonchev–Trinajstić information content (AvgIpc) is 2.63. The Bertz CT molecular complexity index is 507. The Morgan fingerprint density at radius 2 is 2.06 bits per heavy atom. The summed E-state index contributed by atoms with van der Waals surface area (Å²) in [5.41, 5.74) is 2.22. The molecule has 0 radical (unpaired) electrons. The van der Waals surface area contributed by atoms with Gasteiger partial charge in [-0.05, 0) is 57.6 Å². The Morgan fingerprint density at radius 3 is 2.62 bits per heavy atom. The molecule has 0 saturated carbocycles. The smallest absolute Gasteiger partial charge is 0.0941 e. The maximum atomic E-state index is 6.47. The summed E-state index contributed by atoms with van der Waals surface area (Å²) in [4.78, 5) is 1.13. The van der Waals surface area contributed by atoms with Crippen molar-refractivity contribution in [1.82, 2.24) is 0 Å². The standard InChI is InChI=1S/C12H9BrCl2S/c1-7-6-8(14)2-3-9(7)11(15)12-10(13)4-5-16-12/h2-6,11H,1H3. The second-order valence-electron chi connectivity index (χ2n) is 3.50. The molecule has 0 N–H and O–H groups in total. The Balaban J connectivity index is 2.41. The van der Waals surface area contributed by atoms with E-state index in [9.17, 15) is 0 Å². The summed E-state index contributed by atoms with van der Waals surface area (Å²) in [7, 11) is 0. The van der Waals surface area contributed by atoms with Crippen molar-refractivity contribution in [3.8, 4) is 0 Å². The van der Waals surface area contributed by atoms with Crippen LogP contribution in [0.15, 0.2) is 34.1 Å². The minimum atomic E-state index is -0.119. The van der Waals surface area contributed by atoms with E-state index in [2.05, 4.69) is 15.9 Å². The van der Waals surface area contributed by atoms with Crippen LogP contribution in [0.4, 0.5) is 0 Å². The normalized spacial score (nSPS) is 12.8. The molecule has 84 valence electrons. The fraction of sp³-hybridized carbons (Fsp3) is 0.167. The molecule has 16 heavy (non-hydrogen) atoms. The SMILES string of the molecule is Cc1cc(Cl)ccc1C(Cl)c1sccc1Br. The van der Waals surface area contributed by atoms with Gasteiger partial charge in [-0.15, -0.1) is 22.9 Å². The van der Waals surface area contributed by atoms with E-state index in [-0.39, 0.29) is 5.38 Å². The first-order chi connectivity index (χ1) is 7.59. The maximum Gasteiger partial charge on any atom is 0.0941 e. The summed E-state index contributed by atoms with van der Waals surface area (Å²) >= 11 is 17.6. The van der Waals surface area contributed by atoms with Gasteiger partial charge in [0.15, 0.2) is 0 Å². The molecule has 0 aliphatic rings. The van der Waals surface area contributed by atoms with Gasteiger partial charge in [-0.3, -0.25) is 0 Å². The van der Waals surface area contributed by atoms with E-state index in [1.54, 1.807) is 11.3 Å². The van der Waals surface area contributed by atoms with Gasteiger partial charge in [-0.2, -0.15) is 0 Å². The molecule has 0 fully saturated rings. The number of hydrogen-bond donors (Lipinski definition) is 0. The Kier molecular flexibility index (Phi) is 3.96. The summed E-state index contributed by atoms with van der Waals surface area (Å²) in [6, 6.07) is 7.82. The van der Waals surface area contributed by atoms with Gasteiger partial charge in [0.25, 0.3) is 0 Å². The molecule has 1 aromatic carbocycles. The van der Waals surface area contributed by atoms with Gasteiger partial charge in [0.1, 0.15) is 0 Å². The van der Waals surface area contributed by atoms with Crippen molar-refractivity contribution >= 4 is 50.5 Å². The lowest BCUT2D eigenvalue weighted by Gasteiger charge is -2.12. The summed E-state index contributed by atoms with van der Waals surface area (Å²) < 4.78 is 1.06. The van der Waals surface area contributed by atoms with E-state index in [1.807, 2.05) is 36.6 Å². The van der Waals surface area contributed by atoms with E-state index >= 15 is 0 Å². The largest absolute Gasteiger partial charge is 0.146 e. The van der Waals surface area contributed by atoms with E-state index < -0.39 is 0 Å². The molecule has 0 aliphatic carbocycles. The molecule has 1 heterocycles. The lowest BCUT2D eigenvalue weighted by Crippen LogP contribution is -1.94. The van der Waals surface area contributed by atoms with Crippen LogP contribution in [0, 0.1) is 6.92 Å². The molecule has 2 rings (SSSR count). The fourth-order valence-electron chi connectivity index (χ4n) is 1.55. The number of benzene rings is 1. The van der Waals surface area contributed by atoms with Crippen LogP contribution in [0.1, 0.15) is 21.4 Å². The molecular formula is C12H9BrCl2S. The number of halogens is 3. The first-order valence-electron chi connectivity index (χ1n) is 4.72. The van der Waals surface area contributed by atoms with Crippen LogP contribution in [0.3, 0.4) is 0 Å². The van der Waals surface area contributed by atoms with E-state index in [0.717, 1.165) is 25.5 Å². The highest BCUT2D eigenvalue weighted by Gasteiger charge is 2.17. The monoisotopic (exact) mass is 334 g/mol. The van der Waals surface area contributed by atoms with Crippen LogP contribution < -0.4 is 0 Å². The number of alkyl halides is 1. The highest BCUT2D eigenvalue weighted by molar-refractivity contribution is 9.10. The minimum Gasteiger partial charge on any atom is -0.146 e. The van der Waals surface area contributed by atoms with Crippen LogP contribution in [0.5, 0.6) is 0 Å². The van der Waals surface area contributed by atoms with Gasteiger partial charge in [-0.25, -0.2) is 0 Å². The zero-order valence-electron chi connectivity index (χ0n) is 8.51. The second kappa shape index (κ2) is 5.09. The Morgan fingerprint density at radius 1 is 1.31 bits per heavy atom. The predicted molar refractivity (Wildman–Crippen MR) is 75.9 cm³/mol. The molecule has 0 spiro atoms. The van der Waals surface area contributed by atoms with E-state index in [0.29, 0.717) is 0 Å². The zero-order chi connectivity index (χ0) is 11.7. The van der Waals surface area contributed by atoms with Crippen molar-refractivity contribution in [3.05, 3.63) is 55.1 Å². The van der Waals surface area contributed by atoms with Gasteiger partial charge in [0.2, 0.25) is 0 Å². The van der Waals surface area contributed by atoms with Crippen molar-refractivity contribution in [3.63, 3.8) is 0 Å². The van der Waals surface area contributed by atoms with Crippen molar-refractivity contribution in [2.45, 2.75) is 12.3 Å². The summed E-state index contributed by atoms with van der Waals surface area (Å²) in [5, 5.41) is 2.65. The van der Waals surface area contributed by atoms with Gasteiger partial charge >= 0.3 is 0 Å². The van der Waals surface area contributed by atoms with Crippen molar-refractivity contribution in [2.24, 2.45) is 0 Å². The van der Waals surface area contributed by atoms with Crippen molar-refractivity contribution in [1.29, 1.82) is 0 Å². The van der Waals surface area contributed by atoms with Gasteiger partial charge in [0.05, 0.1) is 5.38 Å². The van der Waals surface area contributed by atoms with Crippen LogP contribution in [-0.2, 0) is 0 Å². The van der Waals surface area contributed by atoms with Crippen molar-refractivity contribution < 1.29 is 0 Å². The number of hydrogen-bond acceptors (Lipinski definition) is 1. The molecule has 4 heteroatoms. The number of aryl methyl sites for hydroxylation is 1. The number of thiophene rings is 1. The summed E-state index contributed by atoms with van der Waals surface area (Å²) in [5.74, 6) is 0. The Hall–Kier alpha value is -0.0200. The maximum absolute atomic E-state index is 6.47. The first-order valence-corrected chi connectivity index (χ1v) is 7.21. The lowest BCUT2D eigenvalue weighted by molar-refractivity contribution is 1.14. The van der Waals surface area contributed by atoms with Crippen LogP contribution in [-0.4, -0.2) is 0 Å². The minimum absolute atomic E-state index is 0.119. The van der Waals surface area contributed by atoms with Gasteiger partial charge < -0.3 is 0 Å². The summed E-state index contributed by atoms with van der Waals surface area (Å²) in [6.45, 7) is 2.03. The third-order valence-corrected chi connectivity index (χ3v) is 5.13. The van der Waals surface area contributed by atoms with Gasteiger partial charge in [0, 0.05) is 14.4 Å². The van der Waals surface area contributed by atoms with Crippen LogP contribution in [0.2, 0.25) is 5.02 Å². The molecule has 2 aromatic rings. The van der Waals surface area contributed by atoms with Crippen LogP contribution >= 0.6 is 50.5 Å². The zero-order valence-corrected chi connectivity index (χ0v) is 12.4. The first kappa shape index (κ1) is 12.4. The molecule has 0 nitrogen and oxygen atoms in total. The molecule has 0 saturated heterocycles. The molecular weight excluding hydrogens is 327 g/mol. The topological polar surface area (TPSA) is 0 Å². The third kappa shape index (κ3) is 2.45.